The average molecular weight is 415 g/mol. The minimum Gasteiger partial charge on any atom is -0.469 e. The van der Waals surface area contributed by atoms with Gasteiger partial charge in [0.25, 0.3) is 0 Å². The fraction of sp³-hybridized carbons (Fsp3) is 0.318. The van der Waals surface area contributed by atoms with Crippen LogP contribution in [-0.4, -0.2) is 41.6 Å². The third-order valence-electron chi connectivity index (χ3n) is 4.18. The number of nitrogens with zero attached hydrogens (tertiary/aromatic N) is 1. The molecule has 0 aromatic heterocycles. The Hall–Kier alpha value is -2.80. The van der Waals surface area contributed by atoms with Gasteiger partial charge in [-0.05, 0) is 36.8 Å². The average Bonchev–Trinajstić information content (AvgIpc) is 2.72. The van der Waals surface area contributed by atoms with Gasteiger partial charge in [-0.15, -0.1) is 11.8 Å². The molecular weight excluding hydrogens is 388 g/mol. The molecular formula is C22H26N2O4S. The number of nitrogens with one attached hydrogen (secondary N) is 1. The van der Waals surface area contributed by atoms with Crippen molar-refractivity contribution >= 4 is 35.2 Å². The van der Waals surface area contributed by atoms with Crippen LogP contribution < -0.4 is 5.32 Å². The van der Waals surface area contributed by atoms with E-state index < -0.39 is 0 Å². The van der Waals surface area contributed by atoms with Gasteiger partial charge in [0.1, 0.15) is 0 Å². The molecule has 1 N–H and O–H groups in total. The number of hydrogen-bond donors (Lipinski definition) is 1. The summed E-state index contributed by atoms with van der Waals surface area (Å²) in [6.45, 7) is 4.04. The zero-order valence-electron chi connectivity index (χ0n) is 16.9. The monoisotopic (exact) mass is 414 g/mol. The highest BCUT2D eigenvalue weighted by molar-refractivity contribution is 8.00. The first-order valence-corrected chi connectivity index (χ1v) is 10.2. The van der Waals surface area contributed by atoms with Gasteiger partial charge >= 0.3 is 5.97 Å². The Morgan fingerprint density at radius 1 is 1.07 bits per heavy atom. The molecule has 0 radical (unpaired) electrons. The van der Waals surface area contributed by atoms with Gasteiger partial charge in [-0.2, -0.15) is 0 Å². The van der Waals surface area contributed by atoms with E-state index in [2.05, 4.69) is 5.32 Å². The van der Waals surface area contributed by atoms with E-state index >= 15 is 0 Å². The van der Waals surface area contributed by atoms with Crippen molar-refractivity contribution in [3.05, 3.63) is 60.2 Å². The van der Waals surface area contributed by atoms with Crippen LogP contribution in [0.3, 0.4) is 0 Å². The first kappa shape index (κ1) is 22.5. The lowest BCUT2D eigenvalue weighted by Crippen LogP contribution is -2.37. The van der Waals surface area contributed by atoms with Gasteiger partial charge in [0.2, 0.25) is 11.8 Å². The quantitative estimate of drug-likeness (QED) is 0.500. The van der Waals surface area contributed by atoms with E-state index in [0.29, 0.717) is 18.8 Å². The van der Waals surface area contributed by atoms with Crippen LogP contribution in [0.15, 0.2) is 59.5 Å². The van der Waals surface area contributed by atoms with E-state index in [-0.39, 0.29) is 29.5 Å². The second-order valence-electron chi connectivity index (χ2n) is 6.54. The Morgan fingerprint density at radius 2 is 1.72 bits per heavy atom. The topological polar surface area (TPSA) is 75.7 Å². The SMILES string of the molecule is COC(=O)CCN(Cc1ccccc1)C(=O)C(C)Sc1ccc(NC(C)=O)cc1. The van der Waals surface area contributed by atoms with Gasteiger partial charge in [-0.3, -0.25) is 14.4 Å². The van der Waals surface area contributed by atoms with Crippen molar-refractivity contribution < 1.29 is 19.1 Å². The van der Waals surface area contributed by atoms with Crippen molar-refractivity contribution in [3.63, 3.8) is 0 Å². The number of thioether (sulfide) groups is 1. The molecule has 6 nitrogen and oxygen atoms in total. The summed E-state index contributed by atoms with van der Waals surface area (Å²) in [5, 5.41) is 2.39. The largest absolute Gasteiger partial charge is 0.469 e. The molecule has 2 aromatic rings. The molecule has 2 amide bonds. The predicted octanol–water partition coefficient (Wildman–Crippen LogP) is 3.72. The smallest absolute Gasteiger partial charge is 0.307 e. The van der Waals surface area contributed by atoms with Crippen molar-refractivity contribution in [2.24, 2.45) is 0 Å². The fourth-order valence-corrected chi connectivity index (χ4v) is 3.68. The molecule has 0 aliphatic carbocycles. The van der Waals surface area contributed by atoms with Gasteiger partial charge in [0, 0.05) is 30.6 Å². The molecule has 7 heteroatoms. The zero-order valence-corrected chi connectivity index (χ0v) is 17.7. The molecule has 2 rings (SSSR count). The minimum atomic E-state index is -0.343. The van der Waals surface area contributed by atoms with Crippen molar-refractivity contribution in [1.29, 1.82) is 0 Å². The standard InChI is InChI=1S/C22H26N2O4S/c1-16(29-20-11-9-19(10-12-20)23-17(2)25)22(27)24(14-13-21(26)28-3)15-18-7-5-4-6-8-18/h4-12,16H,13-15H2,1-3H3,(H,23,25). The summed E-state index contributed by atoms with van der Waals surface area (Å²) in [7, 11) is 1.34. The summed E-state index contributed by atoms with van der Waals surface area (Å²) in [5.74, 6) is -0.519. The highest BCUT2D eigenvalue weighted by Crippen LogP contribution is 2.26. The van der Waals surface area contributed by atoms with Gasteiger partial charge in [-0.25, -0.2) is 0 Å². The van der Waals surface area contributed by atoms with E-state index in [1.54, 1.807) is 17.0 Å². The van der Waals surface area contributed by atoms with E-state index in [9.17, 15) is 14.4 Å². The number of ether oxygens (including phenoxy) is 1. The van der Waals surface area contributed by atoms with Gasteiger partial charge in [-0.1, -0.05) is 30.3 Å². The number of hydrogen-bond acceptors (Lipinski definition) is 5. The lowest BCUT2D eigenvalue weighted by atomic mass is 10.2. The third-order valence-corrected chi connectivity index (χ3v) is 5.28. The van der Waals surface area contributed by atoms with Crippen LogP contribution in [0, 0.1) is 0 Å². The third kappa shape index (κ3) is 7.62. The first-order valence-electron chi connectivity index (χ1n) is 9.33. The number of carbonyl (C=O) groups is 3. The maximum absolute atomic E-state index is 13.1. The molecule has 1 atom stereocenters. The molecule has 0 fully saturated rings. The molecule has 1 unspecified atom stereocenters. The fourth-order valence-electron chi connectivity index (χ4n) is 2.73. The number of amides is 2. The molecule has 0 spiro atoms. The molecule has 0 saturated carbocycles. The Kier molecular flexibility index (Phi) is 8.73. The minimum absolute atomic E-state index is 0.0475. The van der Waals surface area contributed by atoms with Crippen LogP contribution in [-0.2, 0) is 25.7 Å². The Bertz CT molecular complexity index is 824. The lowest BCUT2D eigenvalue weighted by molar-refractivity contribution is -0.141. The molecule has 0 aliphatic rings. The van der Waals surface area contributed by atoms with Gasteiger partial charge < -0.3 is 15.0 Å². The molecule has 0 aliphatic heterocycles. The van der Waals surface area contributed by atoms with Gasteiger partial charge in [0.15, 0.2) is 0 Å². The maximum Gasteiger partial charge on any atom is 0.307 e. The van der Waals surface area contributed by atoms with E-state index in [1.165, 1.54) is 25.8 Å². The molecule has 0 bridgehead atoms. The molecule has 0 saturated heterocycles. The second kappa shape index (κ2) is 11.3. The van der Waals surface area contributed by atoms with E-state index in [0.717, 1.165) is 10.5 Å². The molecule has 0 heterocycles. The second-order valence-corrected chi connectivity index (χ2v) is 7.95. The van der Waals surface area contributed by atoms with Crippen molar-refractivity contribution in [3.8, 4) is 0 Å². The number of rotatable bonds is 9. The van der Waals surface area contributed by atoms with E-state index in [4.69, 9.17) is 4.74 Å². The number of carbonyl (C=O) groups excluding carboxylic acids is 3. The number of methoxy groups -OCH3 is 1. The number of benzene rings is 2. The van der Waals surface area contributed by atoms with Crippen LogP contribution in [0.5, 0.6) is 0 Å². The normalized spacial score (nSPS) is 11.4. The first-order chi connectivity index (χ1) is 13.9. The number of anilines is 1. The Labute approximate surface area is 175 Å². The maximum atomic E-state index is 13.1. The lowest BCUT2D eigenvalue weighted by Gasteiger charge is -2.25. The predicted molar refractivity (Wildman–Crippen MR) is 115 cm³/mol. The van der Waals surface area contributed by atoms with Crippen molar-refractivity contribution in [2.75, 3.05) is 19.0 Å². The zero-order chi connectivity index (χ0) is 21.2. The highest BCUT2D eigenvalue weighted by atomic mass is 32.2. The Morgan fingerprint density at radius 3 is 2.31 bits per heavy atom. The van der Waals surface area contributed by atoms with Crippen LogP contribution in [0.4, 0.5) is 5.69 Å². The summed E-state index contributed by atoms with van der Waals surface area (Å²) in [6, 6.07) is 17.0. The molecule has 29 heavy (non-hydrogen) atoms. The highest BCUT2D eigenvalue weighted by Gasteiger charge is 2.22. The number of esters is 1. The van der Waals surface area contributed by atoms with Crippen LogP contribution in [0.2, 0.25) is 0 Å². The molecule has 154 valence electrons. The van der Waals surface area contributed by atoms with E-state index in [1.807, 2.05) is 49.4 Å². The summed E-state index contributed by atoms with van der Waals surface area (Å²) >= 11 is 1.44. The van der Waals surface area contributed by atoms with Crippen molar-refractivity contribution in [2.45, 2.75) is 37.0 Å². The summed E-state index contributed by atoms with van der Waals surface area (Å²) in [5.41, 5.74) is 1.71. The summed E-state index contributed by atoms with van der Waals surface area (Å²) in [6.07, 6.45) is 0.151. The summed E-state index contributed by atoms with van der Waals surface area (Å²) < 4.78 is 4.71. The van der Waals surface area contributed by atoms with Gasteiger partial charge in [0.05, 0.1) is 18.8 Å². The Balaban J connectivity index is 2.05. The van der Waals surface area contributed by atoms with Crippen LogP contribution >= 0.6 is 11.8 Å². The molecule has 2 aromatic carbocycles. The van der Waals surface area contributed by atoms with Crippen LogP contribution in [0.1, 0.15) is 25.8 Å². The summed E-state index contributed by atoms with van der Waals surface area (Å²) in [4.78, 5) is 38.4. The van der Waals surface area contributed by atoms with Crippen LogP contribution in [0.25, 0.3) is 0 Å². The van der Waals surface area contributed by atoms with Crippen molar-refractivity contribution in [1.82, 2.24) is 4.90 Å².